The Morgan fingerprint density at radius 2 is 1.71 bits per heavy atom. The molecule has 24 heavy (non-hydrogen) atoms. The summed E-state index contributed by atoms with van der Waals surface area (Å²) in [5, 5.41) is 9.36. The van der Waals surface area contributed by atoms with Crippen LogP contribution in [-0.2, 0) is 0 Å². The van der Waals surface area contributed by atoms with E-state index in [9.17, 15) is 14.0 Å². The average Bonchev–Trinajstić information content (AvgIpc) is 3.06. The zero-order chi connectivity index (χ0) is 17.1. The number of benzene rings is 2. The van der Waals surface area contributed by atoms with Crippen molar-refractivity contribution in [3.63, 3.8) is 0 Å². The van der Waals surface area contributed by atoms with Crippen molar-refractivity contribution in [3.05, 3.63) is 71.7 Å². The summed E-state index contributed by atoms with van der Waals surface area (Å²) in [5.74, 6) is -1.26. The highest BCUT2D eigenvalue weighted by Gasteiger charge is 2.11. The van der Waals surface area contributed by atoms with Gasteiger partial charge in [0.2, 0.25) is 5.91 Å². The van der Waals surface area contributed by atoms with Gasteiger partial charge in [0, 0.05) is 16.8 Å². The number of aromatic nitrogens is 2. The summed E-state index contributed by atoms with van der Waals surface area (Å²) in [4.78, 5) is 23.2. The lowest BCUT2D eigenvalue weighted by molar-refractivity contribution is 0.0998. The van der Waals surface area contributed by atoms with Crippen molar-refractivity contribution in [2.24, 2.45) is 5.73 Å². The lowest BCUT2D eigenvalue weighted by Crippen LogP contribution is -2.13. The predicted octanol–water partition coefficient (Wildman–Crippen LogP) is 2.57. The Balaban J connectivity index is 1.73. The normalized spacial score (nSPS) is 10.4. The summed E-state index contributed by atoms with van der Waals surface area (Å²) in [6.45, 7) is 0. The molecule has 3 aromatic rings. The van der Waals surface area contributed by atoms with Gasteiger partial charge in [-0.25, -0.2) is 4.39 Å². The molecule has 1 heterocycles. The van der Waals surface area contributed by atoms with E-state index >= 15 is 0 Å². The molecule has 0 aliphatic rings. The second kappa shape index (κ2) is 6.33. The van der Waals surface area contributed by atoms with Gasteiger partial charge >= 0.3 is 0 Å². The van der Waals surface area contributed by atoms with Gasteiger partial charge in [0.25, 0.3) is 5.91 Å². The Morgan fingerprint density at radius 3 is 2.33 bits per heavy atom. The maximum absolute atomic E-state index is 12.9. The molecule has 1 aromatic heterocycles. The number of nitrogens with zero attached hydrogens (tertiary/aromatic N) is 1. The van der Waals surface area contributed by atoms with Gasteiger partial charge < -0.3 is 11.1 Å². The number of carbonyl (C=O) groups excluding carboxylic acids is 2. The Kier molecular flexibility index (Phi) is 4.07. The van der Waals surface area contributed by atoms with E-state index in [0.717, 1.165) is 0 Å². The average molecular weight is 324 g/mol. The highest BCUT2D eigenvalue weighted by molar-refractivity contribution is 6.03. The van der Waals surface area contributed by atoms with Crippen LogP contribution in [0.3, 0.4) is 0 Å². The molecule has 0 saturated heterocycles. The topological polar surface area (TPSA) is 101 Å². The van der Waals surface area contributed by atoms with Crippen LogP contribution >= 0.6 is 0 Å². The maximum atomic E-state index is 12.9. The minimum Gasteiger partial charge on any atom is -0.366 e. The number of carbonyl (C=O) groups is 2. The van der Waals surface area contributed by atoms with Gasteiger partial charge in [-0.15, -0.1) is 0 Å². The summed E-state index contributed by atoms with van der Waals surface area (Å²) in [6, 6.07) is 13.6. The Morgan fingerprint density at radius 1 is 1.04 bits per heavy atom. The van der Waals surface area contributed by atoms with E-state index in [-0.39, 0.29) is 17.4 Å². The number of halogens is 1. The molecule has 0 radical (unpaired) electrons. The van der Waals surface area contributed by atoms with E-state index in [2.05, 4.69) is 15.5 Å². The zero-order valence-corrected chi connectivity index (χ0v) is 12.4. The van der Waals surface area contributed by atoms with Crippen molar-refractivity contribution in [2.75, 3.05) is 5.32 Å². The first-order valence-electron chi connectivity index (χ1n) is 7.05. The van der Waals surface area contributed by atoms with Crippen LogP contribution in [0.15, 0.2) is 54.6 Å². The predicted molar refractivity (Wildman–Crippen MR) is 86.9 cm³/mol. The molecule has 0 aliphatic carbocycles. The SMILES string of the molecule is NC(=O)c1ccc(NC(=O)c2cc(-c3ccc(F)cc3)n[nH]2)cc1. The van der Waals surface area contributed by atoms with E-state index in [1.165, 1.54) is 24.3 Å². The highest BCUT2D eigenvalue weighted by atomic mass is 19.1. The van der Waals surface area contributed by atoms with Crippen molar-refractivity contribution in [1.82, 2.24) is 10.2 Å². The number of amides is 2. The smallest absolute Gasteiger partial charge is 0.273 e. The maximum Gasteiger partial charge on any atom is 0.273 e. The third-order valence-corrected chi connectivity index (χ3v) is 3.39. The van der Waals surface area contributed by atoms with Crippen molar-refractivity contribution in [3.8, 4) is 11.3 Å². The van der Waals surface area contributed by atoms with Gasteiger partial charge in [-0.3, -0.25) is 14.7 Å². The Labute approximate surface area is 136 Å². The number of nitrogens with two attached hydrogens (primary N) is 1. The highest BCUT2D eigenvalue weighted by Crippen LogP contribution is 2.19. The Bertz CT molecular complexity index is 886. The molecule has 2 aromatic carbocycles. The molecule has 0 atom stereocenters. The summed E-state index contributed by atoms with van der Waals surface area (Å²) >= 11 is 0. The van der Waals surface area contributed by atoms with Gasteiger partial charge in [0.1, 0.15) is 11.5 Å². The minimum atomic E-state index is -0.537. The summed E-state index contributed by atoms with van der Waals surface area (Å²) < 4.78 is 12.9. The quantitative estimate of drug-likeness (QED) is 0.687. The van der Waals surface area contributed by atoms with Crippen molar-refractivity contribution in [2.45, 2.75) is 0 Å². The fraction of sp³-hybridized carbons (Fsp3) is 0. The largest absolute Gasteiger partial charge is 0.366 e. The fourth-order valence-electron chi connectivity index (χ4n) is 2.12. The van der Waals surface area contributed by atoms with E-state index in [0.29, 0.717) is 22.5 Å². The van der Waals surface area contributed by atoms with Gasteiger partial charge in [0.05, 0.1) is 5.69 Å². The number of hydrogen-bond donors (Lipinski definition) is 3. The van der Waals surface area contributed by atoms with Crippen LogP contribution in [0, 0.1) is 5.82 Å². The molecule has 2 amide bonds. The van der Waals surface area contributed by atoms with Crippen LogP contribution < -0.4 is 11.1 Å². The van der Waals surface area contributed by atoms with E-state index < -0.39 is 5.91 Å². The number of nitrogens with one attached hydrogen (secondary N) is 2. The van der Waals surface area contributed by atoms with Crippen LogP contribution in [0.4, 0.5) is 10.1 Å². The fourth-order valence-corrected chi connectivity index (χ4v) is 2.12. The van der Waals surface area contributed by atoms with Gasteiger partial charge in [-0.2, -0.15) is 5.10 Å². The molecule has 0 aliphatic heterocycles. The van der Waals surface area contributed by atoms with E-state index in [4.69, 9.17) is 5.73 Å². The molecular weight excluding hydrogens is 311 g/mol. The monoisotopic (exact) mass is 324 g/mol. The van der Waals surface area contributed by atoms with E-state index in [1.807, 2.05) is 0 Å². The first-order chi connectivity index (χ1) is 11.5. The molecular formula is C17H13FN4O2. The molecule has 0 spiro atoms. The third kappa shape index (κ3) is 3.30. The molecule has 0 saturated carbocycles. The molecule has 6 nitrogen and oxygen atoms in total. The van der Waals surface area contributed by atoms with Gasteiger partial charge in [-0.1, -0.05) is 0 Å². The molecule has 0 unspecified atom stereocenters. The summed E-state index contributed by atoms with van der Waals surface area (Å²) in [7, 11) is 0. The van der Waals surface area contributed by atoms with Crippen LogP contribution in [0.25, 0.3) is 11.3 Å². The lowest BCUT2D eigenvalue weighted by atomic mass is 10.1. The zero-order valence-electron chi connectivity index (χ0n) is 12.4. The molecule has 4 N–H and O–H groups in total. The second-order valence-electron chi connectivity index (χ2n) is 5.07. The van der Waals surface area contributed by atoms with Crippen LogP contribution in [0.5, 0.6) is 0 Å². The first kappa shape index (κ1) is 15.4. The van der Waals surface area contributed by atoms with Gasteiger partial charge in [0.15, 0.2) is 0 Å². The molecule has 3 rings (SSSR count). The summed E-state index contributed by atoms with van der Waals surface area (Å²) in [6.07, 6.45) is 0. The van der Waals surface area contributed by atoms with Crippen LogP contribution in [0.2, 0.25) is 0 Å². The number of anilines is 1. The van der Waals surface area contributed by atoms with Crippen LogP contribution in [-0.4, -0.2) is 22.0 Å². The lowest BCUT2D eigenvalue weighted by Gasteiger charge is -2.03. The second-order valence-corrected chi connectivity index (χ2v) is 5.07. The third-order valence-electron chi connectivity index (χ3n) is 3.39. The van der Waals surface area contributed by atoms with Crippen molar-refractivity contribution >= 4 is 17.5 Å². The van der Waals surface area contributed by atoms with E-state index in [1.54, 1.807) is 30.3 Å². The standard InChI is InChI=1S/C17H13FN4O2/c18-12-5-1-10(2-6-12)14-9-15(22-21-14)17(24)20-13-7-3-11(4-8-13)16(19)23/h1-9H,(H2,19,23)(H,20,24)(H,21,22). The number of primary amides is 1. The van der Waals surface area contributed by atoms with Crippen LogP contribution in [0.1, 0.15) is 20.8 Å². The summed E-state index contributed by atoms with van der Waals surface area (Å²) in [5.41, 5.74) is 7.51. The molecule has 0 bridgehead atoms. The molecule has 0 fully saturated rings. The number of hydrogen-bond acceptors (Lipinski definition) is 3. The van der Waals surface area contributed by atoms with Crippen molar-refractivity contribution < 1.29 is 14.0 Å². The van der Waals surface area contributed by atoms with Crippen molar-refractivity contribution in [1.29, 1.82) is 0 Å². The Hall–Kier alpha value is -3.48. The first-order valence-corrected chi connectivity index (χ1v) is 7.05. The molecule has 7 heteroatoms. The number of aromatic amines is 1. The number of H-pyrrole nitrogens is 1. The van der Waals surface area contributed by atoms with Gasteiger partial charge in [-0.05, 0) is 54.6 Å². The minimum absolute atomic E-state index is 0.258. The molecule has 120 valence electrons. The number of rotatable bonds is 4.